The zero-order chi connectivity index (χ0) is 16.0. The Hall–Kier alpha value is -1.77. The summed E-state index contributed by atoms with van der Waals surface area (Å²) in [6, 6.07) is 7.06. The Kier molecular flexibility index (Phi) is 6.47. The highest BCUT2D eigenvalue weighted by atomic mass is 19.1. The van der Waals surface area contributed by atoms with Crippen LogP contribution in [0, 0.1) is 30.4 Å². The zero-order valence-electron chi connectivity index (χ0n) is 13.3. The second-order valence-electron chi connectivity index (χ2n) is 5.83. The van der Waals surface area contributed by atoms with Crippen molar-refractivity contribution in [1.29, 1.82) is 0 Å². The monoisotopic (exact) mass is 291 g/mol. The Morgan fingerprint density at radius 1 is 0.905 bits per heavy atom. The lowest BCUT2D eigenvalue weighted by Gasteiger charge is -2.05. The van der Waals surface area contributed by atoms with Crippen molar-refractivity contribution >= 4 is 0 Å². The molecule has 0 saturated carbocycles. The number of aromatic nitrogens is 1. The van der Waals surface area contributed by atoms with Crippen LogP contribution in [0.1, 0.15) is 33.3 Å². The maximum atomic E-state index is 13.4. The van der Waals surface area contributed by atoms with Gasteiger partial charge in [0.1, 0.15) is 11.6 Å². The summed E-state index contributed by atoms with van der Waals surface area (Å²) >= 11 is 0. The molecule has 0 aliphatic rings. The first-order chi connectivity index (χ1) is 9.81. The molecule has 114 valence electrons. The first kappa shape index (κ1) is 17.3. The molecule has 0 spiro atoms. The van der Waals surface area contributed by atoms with Gasteiger partial charge in [-0.05, 0) is 48.6 Å². The van der Waals surface area contributed by atoms with E-state index < -0.39 is 11.6 Å². The molecule has 1 aromatic carbocycles. The maximum absolute atomic E-state index is 13.4. The Morgan fingerprint density at radius 3 is 2.00 bits per heavy atom. The minimum absolute atomic E-state index is 0.320. The molecule has 0 fully saturated rings. The lowest BCUT2D eigenvalue weighted by molar-refractivity contribution is 0.457. The molecule has 0 saturated heterocycles. The summed E-state index contributed by atoms with van der Waals surface area (Å²) in [7, 11) is 0. The van der Waals surface area contributed by atoms with Crippen LogP contribution in [-0.2, 0) is 0 Å². The van der Waals surface area contributed by atoms with Crippen molar-refractivity contribution in [3.8, 4) is 11.3 Å². The van der Waals surface area contributed by atoms with Crippen LogP contribution in [0.4, 0.5) is 8.78 Å². The standard InChI is InChI=1S/C12H9F2N.C6H14/c1-8-4-5-15-12(6-8)10-3-2-9(13)7-11(10)14;1-5(2)6(3)4/h2-7H,1H3;5-6H,1-4H3. The number of halogens is 2. The molecule has 0 radical (unpaired) electrons. The zero-order valence-corrected chi connectivity index (χ0v) is 13.3. The summed E-state index contributed by atoms with van der Waals surface area (Å²) in [5.41, 5.74) is 1.83. The molecule has 0 unspecified atom stereocenters. The van der Waals surface area contributed by atoms with Crippen LogP contribution >= 0.6 is 0 Å². The van der Waals surface area contributed by atoms with Crippen LogP contribution in [0.2, 0.25) is 0 Å². The van der Waals surface area contributed by atoms with Crippen molar-refractivity contribution in [2.75, 3.05) is 0 Å². The third-order valence-electron chi connectivity index (χ3n) is 3.46. The second kappa shape index (κ2) is 7.87. The van der Waals surface area contributed by atoms with E-state index in [1.54, 1.807) is 12.3 Å². The minimum atomic E-state index is -0.590. The van der Waals surface area contributed by atoms with Crippen molar-refractivity contribution in [1.82, 2.24) is 4.98 Å². The van der Waals surface area contributed by atoms with Crippen LogP contribution in [0.25, 0.3) is 11.3 Å². The largest absolute Gasteiger partial charge is 0.256 e. The van der Waals surface area contributed by atoms with Gasteiger partial charge in [-0.3, -0.25) is 4.98 Å². The number of benzene rings is 1. The summed E-state index contributed by atoms with van der Waals surface area (Å²) in [6.45, 7) is 10.9. The van der Waals surface area contributed by atoms with Crippen molar-refractivity contribution < 1.29 is 8.78 Å². The van der Waals surface area contributed by atoms with Gasteiger partial charge in [0.25, 0.3) is 0 Å². The van der Waals surface area contributed by atoms with Crippen LogP contribution in [-0.4, -0.2) is 4.98 Å². The molecule has 1 aromatic heterocycles. The number of rotatable bonds is 2. The Morgan fingerprint density at radius 2 is 1.52 bits per heavy atom. The van der Waals surface area contributed by atoms with E-state index in [1.165, 1.54) is 12.1 Å². The van der Waals surface area contributed by atoms with Gasteiger partial charge in [-0.1, -0.05) is 27.7 Å². The molecule has 0 aliphatic heterocycles. The molecule has 2 rings (SSSR count). The van der Waals surface area contributed by atoms with Gasteiger partial charge in [-0.15, -0.1) is 0 Å². The highest BCUT2D eigenvalue weighted by molar-refractivity contribution is 5.60. The molecule has 0 amide bonds. The molecule has 21 heavy (non-hydrogen) atoms. The summed E-state index contributed by atoms with van der Waals surface area (Å²) in [5, 5.41) is 0. The SMILES string of the molecule is CC(C)C(C)C.Cc1ccnc(-c2ccc(F)cc2F)c1. The molecular formula is C18H23F2N. The van der Waals surface area contributed by atoms with Gasteiger partial charge in [0, 0.05) is 17.8 Å². The van der Waals surface area contributed by atoms with E-state index in [4.69, 9.17) is 0 Å². The number of nitrogens with zero attached hydrogens (tertiary/aromatic N) is 1. The molecule has 1 heterocycles. The first-order valence-electron chi connectivity index (χ1n) is 7.19. The van der Waals surface area contributed by atoms with E-state index in [-0.39, 0.29) is 0 Å². The molecule has 0 atom stereocenters. The fourth-order valence-electron chi connectivity index (χ4n) is 1.38. The first-order valence-corrected chi connectivity index (χ1v) is 7.19. The number of hydrogen-bond acceptors (Lipinski definition) is 1. The van der Waals surface area contributed by atoms with Gasteiger partial charge in [-0.25, -0.2) is 8.78 Å². The van der Waals surface area contributed by atoms with Gasteiger partial charge >= 0.3 is 0 Å². The lowest BCUT2D eigenvalue weighted by atomic mass is 10.0. The van der Waals surface area contributed by atoms with Crippen LogP contribution in [0.5, 0.6) is 0 Å². The third-order valence-corrected chi connectivity index (χ3v) is 3.46. The van der Waals surface area contributed by atoms with E-state index in [1.807, 2.05) is 13.0 Å². The fourth-order valence-corrected chi connectivity index (χ4v) is 1.38. The van der Waals surface area contributed by atoms with Gasteiger partial charge in [0.15, 0.2) is 0 Å². The highest BCUT2D eigenvalue weighted by Crippen LogP contribution is 2.21. The molecule has 0 aliphatic carbocycles. The molecule has 0 bridgehead atoms. The van der Waals surface area contributed by atoms with Gasteiger partial charge in [-0.2, -0.15) is 0 Å². The smallest absolute Gasteiger partial charge is 0.135 e. The average molecular weight is 291 g/mol. The van der Waals surface area contributed by atoms with Crippen molar-refractivity contribution in [2.45, 2.75) is 34.6 Å². The summed E-state index contributed by atoms with van der Waals surface area (Å²) in [5.74, 6) is 0.534. The minimum Gasteiger partial charge on any atom is -0.256 e. The van der Waals surface area contributed by atoms with Crippen LogP contribution < -0.4 is 0 Å². The fraction of sp³-hybridized carbons (Fsp3) is 0.389. The number of pyridine rings is 1. The lowest BCUT2D eigenvalue weighted by Crippen LogP contribution is -1.95. The molecular weight excluding hydrogens is 268 g/mol. The van der Waals surface area contributed by atoms with Crippen molar-refractivity contribution in [3.05, 3.63) is 53.7 Å². The predicted molar refractivity (Wildman–Crippen MR) is 84.0 cm³/mol. The normalized spacial score (nSPS) is 10.5. The molecule has 0 N–H and O–H groups in total. The van der Waals surface area contributed by atoms with Crippen LogP contribution in [0.3, 0.4) is 0 Å². The Bertz CT molecular complexity index is 571. The number of aryl methyl sites for hydroxylation is 1. The maximum Gasteiger partial charge on any atom is 0.135 e. The topological polar surface area (TPSA) is 12.9 Å². The number of hydrogen-bond donors (Lipinski definition) is 0. The highest BCUT2D eigenvalue weighted by Gasteiger charge is 2.07. The Balaban J connectivity index is 0.000000315. The summed E-state index contributed by atoms with van der Waals surface area (Å²) in [4.78, 5) is 4.04. The second-order valence-corrected chi connectivity index (χ2v) is 5.83. The Labute approximate surface area is 126 Å². The molecule has 1 nitrogen and oxygen atoms in total. The van der Waals surface area contributed by atoms with Crippen molar-refractivity contribution in [2.24, 2.45) is 11.8 Å². The van der Waals surface area contributed by atoms with Gasteiger partial charge < -0.3 is 0 Å². The van der Waals surface area contributed by atoms with E-state index in [0.717, 1.165) is 23.5 Å². The third kappa shape index (κ3) is 5.62. The molecule has 3 heteroatoms. The van der Waals surface area contributed by atoms with E-state index in [2.05, 4.69) is 32.7 Å². The van der Waals surface area contributed by atoms with E-state index >= 15 is 0 Å². The van der Waals surface area contributed by atoms with E-state index in [9.17, 15) is 8.78 Å². The van der Waals surface area contributed by atoms with Gasteiger partial charge in [0.2, 0.25) is 0 Å². The average Bonchev–Trinajstić information content (AvgIpc) is 2.39. The van der Waals surface area contributed by atoms with E-state index in [0.29, 0.717) is 11.3 Å². The predicted octanol–water partition coefficient (Wildman–Crippen LogP) is 5.63. The van der Waals surface area contributed by atoms with Gasteiger partial charge in [0.05, 0.1) is 5.69 Å². The molecule has 2 aromatic rings. The quantitative estimate of drug-likeness (QED) is 0.698. The summed E-state index contributed by atoms with van der Waals surface area (Å²) < 4.78 is 26.1. The van der Waals surface area contributed by atoms with Crippen molar-refractivity contribution in [3.63, 3.8) is 0 Å². The van der Waals surface area contributed by atoms with Crippen LogP contribution in [0.15, 0.2) is 36.5 Å². The summed E-state index contributed by atoms with van der Waals surface area (Å²) in [6.07, 6.45) is 1.60.